The van der Waals surface area contributed by atoms with Gasteiger partial charge in [-0.05, 0) is 17.7 Å². The van der Waals surface area contributed by atoms with E-state index in [9.17, 15) is 9.59 Å². The topological polar surface area (TPSA) is 66.4 Å². The first-order valence-corrected chi connectivity index (χ1v) is 4.68. The number of carbonyl (C=O) groups excluding carboxylic acids is 1. The Morgan fingerprint density at radius 1 is 1.40 bits per heavy atom. The standard InChI is InChI=1S/C10H10ClNO3/c11-8-3-1-2-7(4-8)5-9(13)12-6-10(14)15/h1-4H,5-6H2,(H,12,13)(H,14,15). The minimum absolute atomic E-state index is 0.133. The van der Waals surface area contributed by atoms with Crippen molar-refractivity contribution in [3.63, 3.8) is 0 Å². The van der Waals surface area contributed by atoms with Gasteiger partial charge in [-0.3, -0.25) is 9.59 Å². The first-order chi connectivity index (χ1) is 7.08. The molecule has 0 heterocycles. The van der Waals surface area contributed by atoms with Crippen LogP contribution in [-0.2, 0) is 16.0 Å². The molecule has 80 valence electrons. The molecule has 0 saturated heterocycles. The molecule has 1 amide bonds. The molecule has 0 unspecified atom stereocenters. The van der Waals surface area contributed by atoms with Gasteiger partial charge in [0.25, 0.3) is 0 Å². The molecule has 0 saturated carbocycles. The van der Waals surface area contributed by atoms with Gasteiger partial charge in [-0.2, -0.15) is 0 Å². The van der Waals surface area contributed by atoms with Crippen LogP contribution in [0.3, 0.4) is 0 Å². The molecule has 0 atom stereocenters. The van der Waals surface area contributed by atoms with Crippen LogP contribution < -0.4 is 5.32 Å². The molecule has 1 rings (SSSR count). The smallest absolute Gasteiger partial charge is 0.322 e. The number of nitrogens with one attached hydrogen (secondary N) is 1. The number of amides is 1. The highest BCUT2D eigenvalue weighted by molar-refractivity contribution is 6.30. The van der Waals surface area contributed by atoms with Gasteiger partial charge in [0, 0.05) is 5.02 Å². The summed E-state index contributed by atoms with van der Waals surface area (Å²) in [4.78, 5) is 21.4. The van der Waals surface area contributed by atoms with Crippen molar-refractivity contribution in [1.29, 1.82) is 0 Å². The summed E-state index contributed by atoms with van der Waals surface area (Å²) in [7, 11) is 0. The van der Waals surface area contributed by atoms with E-state index in [1.165, 1.54) is 0 Å². The minimum Gasteiger partial charge on any atom is -0.480 e. The normalized spacial score (nSPS) is 9.67. The molecule has 0 radical (unpaired) electrons. The SMILES string of the molecule is O=C(O)CNC(=O)Cc1cccc(Cl)c1. The summed E-state index contributed by atoms with van der Waals surface area (Å²) in [6, 6.07) is 6.87. The zero-order valence-electron chi connectivity index (χ0n) is 7.87. The van der Waals surface area contributed by atoms with Crippen molar-refractivity contribution in [1.82, 2.24) is 5.32 Å². The summed E-state index contributed by atoms with van der Waals surface area (Å²) in [5, 5.41) is 11.2. The molecular weight excluding hydrogens is 218 g/mol. The molecule has 0 aromatic heterocycles. The second-order valence-electron chi connectivity index (χ2n) is 2.98. The summed E-state index contributed by atoms with van der Waals surface area (Å²) in [6.07, 6.45) is 0.133. The summed E-state index contributed by atoms with van der Waals surface area (Å²) < 4.78 is 0. The van der Waals surface area contributed by atoms with Crippen LogP contribution >= 0.6 is 11.6 Å². The Balaban J connectivity index is 2.48. The van der Waals surface area contributed by atoms with Gasteiger partial charge in [-0.1, -0.05) is 23.7 Å². The molecule has 0 aliphatic carbocycles. The average Bonchev–Trinajstić information content (AvgIpc) is 2.15. The fourth-order valence-electron chi connectivity index (χ4n) is 1.07. The third kappa shape index (κ3) is 4.46. The Bertz CT molecular complexity index is 379. The quantitative estimate of drug-likeness (QED) is 0.809. The predicted octanol–water partition coefficient (Wildman–Crippen LogP) is 1.08. The lowest BCUT2D eigenvalue weighted by Crippen LogP contribution is -2.30. The number of hydrogen-bond acceptors (Lipinski definition) is 2. The number of aliphatic carboxylic acids is 1. The highest BCUT2D eigenvalue weighted by atomic mass is 35.5. The molecule has 0 spiro atoms. The number of benzene rings is 1. The van der Waals surface area contributed by atoms with Gasteiger partial charge >= 0.3 is 5.97 Å². The van der Waals surface area contributed by atoms with Crippen molar-refractivity contribution in [2.45, 2.75) is 6.42 Å². The largest absolute Gasteiger partial charge is 0.480 e. The van der Waals surface area contributed by atoms with E-state index in [4.69, 9.17) is 16.7 Å². The Labute approximate surface area is 91.9 Å². The maximum absolute atomic E-state index is 11.2. The van der Waals surface area contributed by atoms with E-state index >= 15 is 0 Å². The molecule has 0 bridgehead atoms. The molecule has 0 fully saturated rings. The van der Waals surface area contributed by atoms with Crippen molar-refractivity contribution in [3.05, 3.63) is 34.9 Å². The van der Waals surface area contributed by atoms with Gasteiger partial charge in [-0.25, -0.2) is 0 Å². The summed E-state index contributed by atoms with van der Waals surface area (Å²) >= 11 is 5.73. The van der Waals surface area contributed by atoms with E-state index < -0.39 is 5.97 Å². The lowest BCUT2D eigenvalue weighted by atomic mass is 10.1. The monoisotopic (exact) mass is 227 g/mol. The van der Waals surface area contributed by atoms with E-state index in [-0.39, 0.29) is 18.9 Å². The molecule has 2 N–H and O–H groups in total. The Morgan fingerprint density at radius 2 is 2.13 bits per heavy atom. The number of halogens is 1. The van der Waals surface area contributed by atoms with Gasteiger partial charge in [0.15, 0.2) is 0 Å². The van der Waals surface area contributed by atoms with Crippen molar-refractivity contribution >= 4 is 23.5 Å². The average molecular weight is 228 g/mol. The number of rotatable bonds is 4. The molecule has 5 heteroatoms. The predicted molar refractivity (Wildman–Crippen MR) is 55.8 cm³/mol. The van der Waals surface area contributed by atoms with Crippen molar-refractivity contribution in [2.75, 3.05) is 6.54 Å². The molecular formula is C10H10ClNO3. The van der Waals surface area contributed by atoms with Crippen LogP contribution in [0, 0.1) is 0 Å². The fraction of sp³-hybridized carbons (Fsp3) is 0.200. The van der Waals surface area contributed by atoms with Gasteiger partial charge in [-0.15, -0.1) is 0 Å². The molecule has 0 aliphatic heterocycles. The number of carboxylic acids is 1. The third-order valence-corrected chi connectivity index (χ3v) is 1.93. The van der Waals surface area contributed by atoms with Crippen LogP contribution in [-0.4, -0.2) is 23.5 Å². The Morgan fingerprint density at radius 3 is 2.73 bits per heavy atom. The number of carbonyl (C=O) groups is 2. The second-order valence-corrected chi connectivity index (χ2v) is 3.41. The van der Waals surface area contributed by atoms with Gasteiger partial charge < -0.3 is 10.4 Å². The summed E-state index contributed by atoms with van der Waals surface area (Å²) in [6.45, 7) is -0.362. The maximum Gasteiger partial charge on any atom is 0.322 e. The van der Waals surface area contributed by atoms with Gasteiger partial charge in [0.2, 0.25) is 5.91 Å². The first kappa shape index (κ1) is 11.5. The molecule has 1 aromatic rings. The second kappa shape index (κ2) is 5.36. The summed E-state index contributed by atoms with van der Waals surface area (Å²) in [5.74, 6) is -1.39. The molecule has 1 aromatic carbocycles. The number of hydrogen-bond donors (Lipinski definition) is 2. The Kier molecular flexibility index (Phi) is 4.12. The zero-order chi connectivity index (χ0) is 11.3. The summed E-state index contributed by atoms with van der Waals surface area (Å²) in [5.41, 5.74) is 0.755. The van der Waals surface area contributed by atoms with Crippen LogP contribution in [0.5, 0.6) is 0 Å². The van der Waals surface area contributed by atoms with E-state index in [0.29, 0.717) is 5.02 Å². The van der Waals surface area contributed by atoms with Crippen molar-refractivity contribution < 1.29 is 14.7 Å². The third-order valence-electron chi connectivity index (χ3n) is 1.69. The molecule has 0 aliphatic rings. The van der Waals surface area contributed by atoms with Gasteiger partial charge in [0.1, 0.15) is 6.54 Å². The van der Waals surface area contributed by atoms with Crippen LogP contribution in [0.1, 0.15) is 5.56 Å². The highest BCUT2D eigenvalue weighted by Crippen LogP contribution is 2.10. The van der Waals surface area contributed by atoms with Crippen LogP contribution in [0.25, 0.3) is 0 Å². The minimum atomic E-state index is -1.06. The van der Waals surface area contributed by atoms with Crippen LogP contribution in [0.2, 0.25) is 5.02 Å². The number of carboxylic acid groups (broad SMARTS) is 1. The van der Waals surface area contributed by atoms with Crippen molar-refractivity contribution in [2.24, 2.45) is 0 Å². The van der Waals surface area contributed by atoms with E-state index in [1.54, 1.807) is 24.3 Å². The highest BCUT2D eigenvalue weighted by Gasteiger charge is 2.05. The van der Waals surface area contributed by atoms with Crippen LogP contribution in [0.4, 0.5) is 0 Å². The van der Waals surface area contributed by atoms with Gasteiger partial charge in [0.05, 0.1) is 6.42 Å². The lowest BCUT2D eigenvalue weighted by molar-refractivity contribution is -0.137. The molecule has 4 nitrogen and oxygen atoms in total. The maximum atomic E-state index is 11.2. The van der Waals surface area contributed by atoms with E-state index in [2.05, 4.69) is 5.32 Å². The first-order valence-electron chi connectivity index (χ1n) is 4.31. The molecule has 15 heavy (non-hydrogen) atoms. The van der Waals surface area contributed by atoms with Crippen molar-refractivity contribution in [3.8, 4) is 0 Å². The van der Waals surface area contributed by atoms with E-state index in [0.717, 1.165) is 5.56 Å². The Hall–Kier alpha value is -1.55. The lowest BCUT2D eigenvalue weighted by Gasteiger charge is -2.02. The zero-order valence-corrected chi connectivity index (χ0v) is 8.62. The van der Waals surface area contributed by atoms with E-state index in [1.807, 2.05) is 0 Å². The fourth-order valence-corrected chi connectivity index (χ4v) is 1.28. The van der Waals surface area contributed by atoms with Crippen LogP contribution in [0.15, 0.2) is 24.3 Å².